The summed E-state index contributed by atoms with van der Waals surface area (Å²) in [5.41, 5.74) is 1.00. The van der Waals surface area contributed by atoms with Gasteiger partial charge in [-0.2, -0.15) is 0 Å². The summed E-state index contributed by atoms with van der Waals surface area (Å²) in [5.74, 6) is 0.789. The first-order valence-corrected chi connectivity index (χ1v) is 7.59. The third-order valence-corrected chi connectivity index (χ3v) is 3.88. The number of urea groups is 1. The number of amides is 2. The van der Waals surface area contributed by atoms with E-state index in [9.17, 15) is 9.59 Å². The minimum Gasteiger partial charge on any atom is -0.497 e. The number of carbonyl (C=O) groups is 2. The van der Waals surface area contributed by atoms with Gasteiger partial charge in [-0.15, -0.1) is 0 Å². The third-order valence-electron chi connectivity index (χ3n) is 3.45. The molecular formula is C15H16Cl2N2O4. The van der Waals surface area contributed by atoms with Gasteiger partial charge in [0.15, 0.2) is 5.78 Å². The summed E-state index contributed by atoms with van der Waals surface area (Å²) in [6.45, 7) is 1.38. The second kappa shape index (κ2) is 7.10. The fourth-order valence-electron chi connectivity index (χ4n) is 2.45. The molecule has 0 fully saturated rings. The molecule has 1 aliphatic heterocycles. The van der Waals surface area contributed by atoms with Gasteiger partial charge in [0.05, 0.1) is 26.0 Å². The molecule has 0 spiro atoms. The number of rotatable bonds is 5. The van der Waals surface area contributed by atoms with Crippen LogP contribution in [0.2, 0.25) is 0 Å². The molecule has 1 unspecified atom stereocenters. The Kier molecular flexibility index (Phi) is 5.38. The zero-order valence-corrected chi connectivity index (χ0v) is 14.3. The van der Waals surface area contributed by atoms with E-state index in [0.717, 1.165) is 0 Å². The second-order valence-electron chi connectivity index (χ2n) is 4.82. The molecule has 1 aliphatic rings. The van der Waals surface area contributed by atoms with Gasteiger partial charge in [-0.05, 0) is 25.1 Å². The molecule has 0 radical (unpaired) electrons. The SMILES string of the molecule is COc1ccc(OC)c(C2NC(=O)NC(C(Cl)Cl)=C2C(C)=O)c1. The van der Waals surface area contributed by atoms with Crippen molar-refractivity contribution in [3.05, 3.63) is 35.0 Å². The van der Waals surface area contributed by atoms with Crippen LogP contribution in [0.5, 0.6) is 11.5 Å². The van der Waals surface area contributed by atoms with Gasteiger partial charge in [-0.3, -0.25) is 4.79 Å². The molecule has 124 valence electrons. The maximum Gasteiger partial charge on any atom is 0.319 e. The summed E-state index contributed by atoms with van der Waals surface area (Å²) >= 11 is 11.8. The van der Waals surface area contributed by atoms with Crippen molar-refractivity contribution in [2.75, 3.05) is 14.2 Å². The fraction of sp³-hybridized carbons (Fsp3) is 0.333. The van der Waals surface area contributed by atoms with Crippen LogP contribution in [-0.2, 0) is 4.79 Å². The van der Waals surface area contributed by atoms with Crippen LogP contribution in [-0.4, -0.2) is 30.9 Å². The second-order valence-corrected chi connectivity index (χ2v) is 5.92. The van der Waals surface area contributed by atoms with Crippen molar-refractivity contribution in [2.24, 2.45) is 0 Å². The molecule has 2 amide bonds. The first-order chi connectivity index (χ1) is 10.9. The molecule has 2 rings (SSSR count). The van der Waals surface area contributed by atoms with E-state index < -0.39 is 16.9 Å². The van der Waals surface area contributed by atoms with Crippen molar-refractivity contribution in [1.82, 2.24) is 10.6 Å². The first kappa shape index (κ1) is 17.4. The van der Waals surface area contributed by atoms with Gasteiger partial charge in [0.25, 0.3) is 0 Å². The van der Waals surface area contributed by atoms with Gasteiger partial charge in [0.2, 0.25) is 0 Å². The summed E-state index contributed by atoms with van der Waals surface area (Å²) in [6.07, 6.45) is 0. The largest absolute Gasteiger partial charge is 0.497 e. The Balaban J connectivity index is 2.66. The van der Waals surface area contributed by atoms with Crippen LogP contribution in [0.1, 0.15) is 18.5 Å². The lowest BCUT2D eigenvalue weighted by Crippen LogP contribution is -2.46. The highest BCUT2D eigenvalue weighted by Crippen LogP contribution is 2.37. The molecule has 0 aliphatic carbocycles. The van der Waals surface area contributed by atoms with E-state index >= 15 is 0 Å². The van der Waals surface area contributed by atoms with Gasteiger partial charge in [0.1, 0.15) is 16.3 Å². The maximum atomic E-state index is 12.1. The number of benzene rings is 1. The summed E-state index contributed by atoms with van der Waals surface area (Å²) in [4.78, 5) is 23.0. The summed E-state index contributed by atoms with van der Waals surface area (Å²) in [7, 11) is 3.02. The van der Waals surface area contributed by atoms with Crippen LogP contribution in [0.15, 0.2) is 29.5 Å². The van der Waals surface area contributed by atoms with Crippen LogP contribution < -0.4 is 20.1 Å². The van der Waals surface area contributed by atoms with Crippen LogP contribution in [0.4, 0.5) is 4.79 Å². The van der Waals surface area contributed by atoms with Crippen molar-refractivity contribution >= 4 is 35.0 Å². The quantitative estimate of drug-likeness (QED) is 0.793. The number of allylic oxidation sites excluding steroid dienone is 1. The number of ketones is 1. The predicted octanol–water partition coefficient (Wildman–Crippen LogP) is 2.70. The van der Waals surface area contributed by atoms with Crippen LogP contribution in [0.25, 0.3) is 0 Å². The minimum absolute atomic E-state index is 0.166. The highest BCUT2D eigenvalue weighted by atomic mass is 35.5. The Bertz CT molecular complexity index is 673. The Hall–Kier alpha value is -1.92. The lowest BCUT2D eigenvalue weighted by molar-refractivity contribution is -0.114. The molecule has 0 saturated carbocycles. The number of methoxy groups -OCH3 is 2. The molecule has 6 nitrogen and oxygen atoms in total. The number of carbonyl (C=O) groups excluding carboxylic acids is 2. The average Bonchev–Trinajstić information content (AvgIpc) is 2.52. The summed E-state index contributed by atoms with van der Waals surface area (Å²) in [5, 5.41) is 5.18. The van der Waals surface area contributed by atoms with Gasteiger partial charge < -0.3 is 20.1 Å². The zero-order chi connectivity index (χ0) is 17.1. The Morgan fingerprint density at radius 1 is 1.26 bits per heavy atom. The molecule has 0 bridgehead atoms. The van der Waals surface area contributed by atoms with Gasteiger partial charge in [-0.25, -0.2) is 4.79 Å². The molecule has 1 atom stereocenters. The van der Waals surface area contributed by atoms with Crippen molar-refractivity contribution in [1.29, 1.82) is 0 Å². The molecule has 1 aromatic rings. The van der Waals surface area contributed by atoms with Gasteiger partial charge in [0, 0.05) is 11.1 Å². The molecule has 0 saturated heterocycles. The van der Waals surface area contributed by atoms with Crippen LogP contribution in [0, 0.1) is 0 Å². The maximum absolute atomic E-state index is 12.1. The van der Waals surface area contributed by atoms with E-state index in [0.29, 0.717) is 17.1 Å². The van der Waals surface area contributed by atoms with Crippen molar-refractivity contribution < 1.29 is 19.1 Å². The van der Waals surface area contributed by atoms with E-state index in [4.69, 9.17) is 32.7 Å². The Morgan fingerprint density at radius 2 is 1.96 bits per heavy atom. The fourth-order valence-corrected chi connectivity index (χ4v) is 2.79. The number of ether oxygens (including phenoxy) is 2. The number of Topliss-reactive ketones (excluding diaryl/α,β-unsaturated/α-hetero) is 1. The summed E-state index contributed by atoms with van der Waals surface area (Å²) < 4.78 is 10.5. The van der Waals surface area contributed by atoms with E-state index in [1.807, 2.05) is 0 Å². The molecule has 0 aromatic heterocycles. The molecule has 2 N–H and O–H groups in total. The van der Waals surface area contributed by atoms with Gasteiger partial charge >= 0.3 is 6.03 Å². The lowest BCUT2D eigenvalue weighted by Gasteiger charge is -2.30. The molecule has 1 aromatic carbocycles. The standard InChI is InChI=1S/C15H16Cl2N2O4/c1-7(20)11-12(18-15(21)19-13(11)14(16)17)9-6-8(22-2)4-5-10(9)23-3/h4-6,12,14H,1-3H3,(H2,18,19,21). The predicted molar refractivity (Wildman–Crippen MR) is 87.2 cm³/mol. The monoisotopic (exact) mass is 358 g/mol. The van der Waals surface area contributed by atoms with Crippen molar-refractivity contribution in [3.63, 3.8) is 0 Å². The number of nitrogens with one attached hydrogen (secondary N) is 2. The molecular weight excluding hydrogens is 343 g/mol. The van der Waals surface area contributed by atoms with Gasteiger partial charge in [-0.1, -0.05) is 23.2 Å². The van der Waals surface area contributed by atoms with E-state index in [2.05, 4.69) is 10.6 Å². The zero-order valence-electron chi connectivity index (χ0n) is 12.8. The molecule has 23 heavy (non-hydrogen) atoms. The normalized spacial score (nSPS) is 17.7. The van der Waals surface area contributed by atoms with E-state index in [-0.39, 0.29) is 17.1 Å². The first-order valence-electron chi connectivity index (χ1n) is 6.71. The van der Waals surface area contributed by atoms with E-state index in [1.54, 1.807) is 18.2 Å². The number of hydrogen-bond donors (Lipinski definition) is 2. The molecule has 1 heterocycles. The highest BCUT2D eigenvalue weighted by Gasteiger charge is 2.34. The third kappa shape index (κ3) is 3.54. The van der Waals surface area contributed by atoms with Crippen molar-refractivity contribution in [2.45, 2.75) is 17.8 Å². The number of hydrogen-bond acceptors (Lipinski definition) is 4. The number of alkyl halides is 2. The smallest absolute Gasteiger partial charge is 0.319 e. The summed E-state index contributed by atoms with van der Waals surface area (Å²) in [6, 6.07) is 3.84. The van der Waals surface area contributed by atoms with Crippen molar-refractivity contribution in [3.8, 4) is 11.5 Å². The lowest BCUT2D eigenvalue weighted by atomic mass is 9.92. The Labute approximate surface area is 143 Å². The highest BCUT2D eigenvalue weighted by molar-refractivity contribution is 6.46. The molecule has 8 heteroatoms. The minimum atomic E-state index is -1.04. The topological polar surface area (TPSA) is 76.7 Å². The van der Waals surface area contributed by atoms with Crippen LogP contribution >= 0.6 is 23.2 Å². The van der Waals surface area contributed by atoms with Crippen LogP contribution in [0.3, 0.4) is 0 Å². The number of halogens is 2. The Morgan fingerprint density at radius 3 is 2.48 bits per heavy atom. The van der Waals surface area contributed by atoms with E-state index in [1.165, 1.54) is 21.1 Å². The average molecular weight is 359 g/mol.